The van der Waals surface area contributed by atoms with Crippen LogP contribution in [0.5, 0.6) is 5.75 Å². The van der Waals surface area contributed by atoms with Crippen LogP contribution in [0.2, 0.25) is 5.02 Å². The number of H-pyrrole nitrogens is 1. The molecule has 0 bridgehead atoms. The number of benzene rings is 2. The number of unbranched alkanes of at least 4 members (excludes halogenated alkanes) is 1. The van der Waals surface area contributed by atoms with E-state index in [1.165, 1.54) is 17.2 Å². The molecule has 3 N–H and O–H groups in total. The second-order valence-corrected chi connectivity index (χ2v) is 8.96. The van der Waals surface area contributed by atoms with Crippen LogP contribution in [0.25, 0.3) is 17.0 Å². The molecular formula is C26H31ClN6O3. The Balaban J connectivity index is 1.42. The lowest BCUT2D eigenvalue weighted by Crippen LogP contribution is -2.24. The minimum absolute atomic E-state index is 0.217. The van der Waals surface area contributed by atoms with Gasteiger partial charge in [-0.3, -0.25) is 9.89 Å². The zero-order chi connectivity index (χ0) is 25.7. The van der Waals surface area contributed by atoms with Crippen molar-refractivity contribution in [1.29, 1.82) is 0 Å². The third-order valence-electron chi connectivity index (χ3n) is 5.74. The summed E-state index contributed by atoms with van der Waals surface area (Å²) in [4.78, 5) is 16.4. The van der Waals surface area contributed by atoms with Crippen LogP contribution < -0.4 is 15.4 Å². The first kappa shape index (κ1) is 25.5. The molecule has 0 aliphatic rings. The highest BCUT2D eigenvalue weighted by molar-refractivity contribution is 6.36. The molecule has 0 aliphatic heterocycles. The molecule has 0 saturated heterocycles. The summed E-state index contributed by atoms with van der Waals surface area (Å²) >= 11 is 6.32. The van der Waals surface area contributed by atoms with Gasteiger partial charge in [0.25, 0.3) is 5.91 Å². The summed E-state index contributed by atoms with van der Waals surface area (Å²) in [7, 11) is 1.53. The monoisotopic (exact) mass is 510 g/mol. The first-order chi connectivity index (χ1) is 17.4. The molecule has 0 aliphatic carbocycles. The van der Waals surface area contributed by atoms with Crippen LogP contribution in [0.1, 0.15) is 47.8 Å². The van der Waals surface area contributed by atoms with Crippen molar-refractivity contribution in [3.8, 4) is 17.1 Å². The number of anilines is 1. The lowest BCUT2D eigenvalue weighted by Gasteiger charge is -2.21. The molecule has 0 radical (unpaired) electrons. The van der Waals surface area contributed by atoms with Crippen molar-refractivity contribution in [2.45, 2.75) is 46.3 Å². The molecule has 2 heterocycles. The zero-order valence-electron chi connectivity index (χ0n) is 20.9. The fourth-order valence-electron chi connectivity index (χ4n) is 3.80. The number of aromatic amines is 1. The van der Waals surface area contributed by atoms with Gasteiger partial charge in [-0.15, -0.1) is 5.10 Å². The Hall–Kier alpha value is -3.56. The van der Waals surface area contributed by atoms with Gasteiger partial charge in [-0.25, -0.2) is 4.98 Å². The number of hydrogen-bond acceptors (Lipinski definition) is 6. The van der Waals surface area contributed by atoms with Crippen molar-refractivity contribution in [2.75, 3.05) is 19.1 Å². The number of hydrogen-bond donors (Lipinski definition) is 3. The maximum absolute atomic E-state index is 11.9. The molecule has 4 aromatic rings. The first-order valence-corrected chi connectivity index (χ1v) is 12.3. The summed E-state index contributed by atoms with van der Waals surface area (Å²) in [6, 6.07) is 13.8. The Kier molecular flexibility index (Phi) is 8.12. The van der Waals surface area contributed by atoms with E-state index in [0.29, 0.717) is 11.5 Å². The molecule has 190 valence electrons. The molecule has 1 amide bonds. The molecule has 0 spiro atoms. The SMILES string of the molecule is CCCCC(OCNc1cccc(-c2nc3c(Cl)c(C(=O)NC)[nH]n3n2)c1)Oc1ccc(C)cc1C. The molecule has 2 aromatic carbocycles. The van der Waals surface area contributed by atoms with Gasteiger partial charge in [0, 0.05) is 24.7 Å². The molecule has 10 heteroatoms. The Morgan fingerprint density at radius 2 is 2.06 bits per heavy atom. The molecular weight excluding hydrogens is 480 g/mol. The van der Waals surface area contributed by atoms with Crippen LogP contribution >= 0.6 is 11.6 Å². The predicted octanol–water partition coefficient (Wildman–Crippen LogP) is 5.34. The Morgan fingerprint density at radius 1 is 1.22 bits per heavy atom. The minimum atomic E-state index is -0.352. The lowest BCUT2D eigenvalue weighted by atomic mass is 10.1. The maximum atomic E-state index is 11.9. The Labute approximate surface area is 215 Å². The van der Waals surface area contributed by atoms with Gasteiger partial charge >= 0.3 is 0 Å². The molecule has 1 unspecified atom stereocenters. The normalized spacial score (nSPS) is 12.0. The standard InChI is InChI=1S/C26H31ClN6O3/c1-5-6-10-21(36-20-12-11-16(2)13-17(20)3)35-15-29-19-9-7-8-18(14-19)24-30-25-22(27)23(26(34)28-4)31-33(25)32-24/h7-9,11-14,21,29,31H,5-6,10,15H2,1-4H3,(H,28,34). The fraction of sp³-hybridized carbons (Fsp3) is 0.346. The van der Waals surface area contributed by atoms with Gasteiger partial charge in [0.05, 0.1) is 0 Å². The van der Waals surface area contributed by atoms with Crippen LogP contribution in [0, 0.1) is 13.8 Å². The largest absolute Gasteiger partial charge is 0.465 e. The van der Waals surface area contributed by atoms with Gasteiger partial charge in [0.1, 0.15) is 23.2 Å². The molecule has 36 heavy (non-hydrogen) atoms. The quantitative estimate of drug-likeness (QED) is 0.235. The predicted molar refractivity (Wildman–Crippen MR) is 141 cm³/mol. The summed E-state index contributed by atoms with van der Waals surface area (Å²) < 4.78 is 13.6. The molecule has 4 rings (SSSR count). The van der Waals surface area contributed by atoms with E-state index < -0.39 is 0 Å². The number of aryl methyl sites for hydroxylation is 2. The van der Waals surface area contributed by atoms with Crippen molar-refractivity contribution >= 4 is 28.8 Å². The van der Waals surface area contributed by atoms with Crippen LogP contribution in [-0.2, 0) is 4.74 Å². The lowest BCUT2D eigenvalue weighted by molar-refractivity contribution is -0.0789. The maximum Gasteiger partial charge on any atom is 0.270 e. The van der Waals surface area contributed by atoms with Gasteiger partial charge < -0.3 is 20.1 Å². The number of halogens is 1. The van der Waals surface area contributed by atoms with Gasteiger partial charge in [-0.05, 0) is 44.0 Å². The third-order valence-corrected chi connectivity index (χ3v) is 6.10. The number of nitrogens with zero attached hydrogens (tertiary/aromatic N) is 3. The summed E-state index contributed by atoms with van der Waals surface area (Å²) in [6.07, 6.45) is 2.52. The molecule has 0 saturated carbocycles. The number of nitrogens with one attached hydrogen (secondary N) is 3. The van der Waals surface area contributed by atoms with E-state index >= 15 is 0 Å². The third kappa shape index (κ3) is 5.80. The van der Waals surface area contributed by atoms with Gasteiger partial charge in [0.2, 0.25) is 6.29 Å². The van der Waals surface area contributed by atoms with E-state index in [-0.39, 0.29) is 29.6 Å². The number of fused-ring (bicyclic) bond motifs is 1. The topological polar surface area (TPSA) is 106 Å². The van der Waals surface area contributed by atoms with Crippen molar-refractivity contribution in [3.05, 3.63) is 64.3 Å². The molecule has 9 nitrogen and oxygen atoms in total. The number of rotatable bonds is 11. The highest BCUT2D eigenvalue weighted by Gasteiger charge is 2.20. The second-order valence-electron chi connectivity index (χ2n) is 8.58. The van der Waals surface area contributed by atoms with E-state index in [0.717, 1.165) is 41.8 Å². The summed E-state index contributed by atoms with van der Waals surface area (Å²) in [5.41, 5.74) is 4.54. The van der Waals surface area contributed by atoms with E-state index in [4.69, 9.17) is 21.1 Å². The Morgan fingerprint density at radius 3 is 2.78 bits per heavy atom. The number of carbonyl (C=O) groups is 1. The van der Waals surface area contributed by atoms with Gasteiger partial charge in [0.15, 0.2) is 11.5 Å². The first-order valence-electron chi connectivity index (χ1n) is 12.0. The van der Waals surface area contributed by atoms with Crippen LogP contribution in [0.15, 0.2) is 42.5 Å². The van der Waals surface area contributed by atoms with E-state index in [2.05, 4.69) is 45.7 Å². The van der Waals surface area contributed by atoms with Crippen LogP contribution in [-0.4, -0.2) is 45.8 Å². The summed E-state index contributed by atoms with van der Waals surface area (Å²) in [5.74, 6) is 0.984. The molecule has 1 atom stereocenters. The van der Waals surface area contributed by atoms with E-state index in [9.17, 15) is 4.79 Å². The van der Waals surface area contributed by atoms with Crippen molar-refractivity contribution in [1.82, 2.24) is 25.1 Å². The summed E-state index contributed by atoms with van der Waals surface area (Å²) in [6.45, 7) is 6.54. The van der Waals surface area contributed by atoms with Crippen molar-refractivity contribution in [2.24, 2.45) is 0 Å². The van der Waals surface area contributed by atoms with Crippen molar-refractivity contribution in [3.63, 3.8) is 0 Å². The second kappa shape index (κ2) is 11.5. The number of carbonyl (C=O) groups excluding carboxylic acids is 1. The number of amides is 1. The van der Waals surface area contributed by atoms with Gasteiger partial charge in [-0.2, -0.15) is 4.63 Å². The van der Waals surface area contributed by atoms with Gasteiger partial charge in [-0.1, -0.05) is 54.8 Å². The smallest absolute Gasteiger partial charge is 0.270 e. The minimum Gasteiger partial charge on any atom is -0.465 e. The average molecular weight is 511 g/mol. The highest BCUT2D eigenvalue weighted by Crippen LogP contribution is 2.26. The van der Waals surface area contributed by atoms with Crippen LogP contribution in [0.3, 0.4) is 0 Å². The number of aromatic nitrogens is 4. The number of ether oxygens (including phenoxy) is 2. The summed E-state index contributed by atoms with van der Waals surface area (Å²) in [5, 5.41) is 13.3. The van der Waals surface area contributed by atoms with Crippen LogP contribution in [0.4, 0.5) is 5.69 Å². The van der Waals surface area contributed by atoms with E-state index in [1.54, 1.807) is 0 Å². The Bertz CT molecular complexity index is 1350. The average Bonchev–Trinajstić information content (AvgIpc) is 3.43. The van der Waals surface area contributed by atoms with Crippen molar-refractivity contribution < 1.29 is 14.3 Å². The van der Waals surface area contributed by atoms with E-state index in [1.807, 2.05) is 43.3 Å². The fourth-order valence-corrected chi connectivity index (χ4v) is 4.05. The molecule has 0 fully saturated rings. The highest BCUT2D eigenvalue weighted by atomic mass is 35.5. The molecule has 2 aromatic heterocycles. The zero-order valence-corrected chi connectivity index (χ0v) is 21.6.